The lowest BCUT2D eigenvalue weighted by molar-refractivity contribution is -0.150. The third kappa shape index (κ3) is 4.25. The van der Waals surface area contributed by atoms with E-state index in [1.54, 1.807) is 25.1 Å². The second-order valence-electron chi connectivity index (χ2n) is 4.79. The summed E-state index contributed by atoms with van der Waals surface area (Å²) in [5, 5.41) is 0. The molecule has 118 valence electrons. The van der Waals surface area contributed by atoms with E-state index in [0.717, 1.165) is 0 Å². The van der Waals surface area contributed by atoms with Crippen molar-refractivity contribution in [3.05, 3.63) is 35.6 Å². The highest BCUT2D eigenvalue weighted by Crippen LogP contribution is 2.32. The number of halogens is 1. The number of carbonyl (C=O) groups excluding carboxylic acids is 1. The van der Waals surface area contributed by atoms with Crippen molar-refractivity contribution in [3.8, 4) is 0 Å². The quantitative estimate of drug-likeness (QED) is 0.561. The zero-order valence-corrected chi connectivity index (χ0v) is 12.7. The van der Waals surface area contributed by atoms with Crippen LogP contribution in [0.2, 0.25) is 0 Å². The number of esters is 1. The van der Waals surface area contributed by atoms with E-state index < -0.39 is 17.2 Å². The summed E-state index contributed by atoms with van der Waals surface area (Å²) in [6, 6.07) is 6.22. The van der Waals surface area contributed by atoms with Gasteiger partial charge in [0.25, 0.3) is 0 Å². The van der Waals surface area contributed by atoms with E-state index in [1.807, 2.05) is 6.92 Å². The van der Waals surface area contributed by atoms with Crippen LogP contribution in [0.1, 0.15) is 32.3 Å². The first-order chi connectivity index (χ1) is 10.1. The average Bonchev–Trinajstić information content (AvgIpc) is 2.49. The highest BCUT2D eigenvalue weighted by molar-refractivity contribution is 5.83. The predicted molar refractivity (Wildman–Crippen MR) is 79.5 cm³/mol. The van der Waals surface area contributed by atoms with Gasteiger partial charge in [-0.05, 0) is 32.8 Å². The molecule has 0 saturated carbocycles. The molecule has 0 aliphatic carbocycles. The molecule has 4 nitrogen and oxygen atoms in total. The van der Waals surface area contributed by atoms with Crippen LogP contribution < -0.4 is 5.73 Å². The van der Waals surface area contributed by atoms with Gasteiger partial charge >= 0.3 is 5.97 Å². The lowest BCUT2D eigenvalue weighted by Crippen LogP contribution is -2.45. The van der Waals surface area contributed by atoms with Gasteiger partial charge < -0.3 is 15.2 Å². The van der Waals surface area contributed by atoms with E-state index in [2.05, 4.69) is 0 Å². The summed E-state index contributed by atoms with van der Waals surface area (Å²) in [5.41, 5.74) is 4.99. The summed E-state index contributed by atoms with van der Waals surface area (Å²) >= 11 is 0. The first-order valence-corrected chi connectivity index (χ1v) is 7.32. The van der Waals surface area contributed by atoms with Crippen LogP contribution in [0.5, 0.6) is 0 Å². The number of benzene rings is 1. The van der Waals surface area contributed by atoms with Gasteiger partial charge in [0, 0.05) is 25.3 Å². The molecule has 0 saturated heterocycles. The minimum atomic E-state index is -1.15. The Labute approximate surface area is 125 Å². The topological polar surface area (TPSA) is 61.5 Å². The summed E-state index contributed by atoms with van der Waals surface area (Å²) in [5.74, 6) is -0.915. The summed E-state index contributed by atoms with van der Waals surface area (Å²) < 4.78 is 24.6. The third-order valence-electron chi connectivity index (χ3n) is 3.50. The Balaban J connectivity index is 3.07. The molecule has 0 fully saturated rings. The molecule has 2 N–H and O–H groups in total. The van der Waals surface area contributed by atoms with E-state index in [1.165, 1.54) is 6.07 Å². The number of hydrogen-bond acceptors (Lipinski definition) is 4. The summed E-state index contributed by atoms with van der Waals surface area (Å²) in [7, 11) is 0. The van der Waals surface area contributed by atoms with Crippen molar-refractivity contribution in [2.45, 2.75) is 32.1 Å². The van der Waals surface area contributed by atoms with Crippen LogP contribution in [0.15, 0.2) is 24.3 Å². The van der Waals surface area contributed by atoms with Crippen molar-refractivity contribution >= 4 is 5.97 Å². The molecular formula is C16H24FNO3. The summed E-state index contributed by atoms with van der Waals surface area (Å²) in [6.07, 6.45) is 1.00. The Kier molecular flexibility index (Phi) is 7.32. The molecule has 0 spiro atoms. The van der Waals surface area contributed by atoms with Crippen molar-refractivity contribution in [3.63, 3.8) is 0 Å². The van der Waals surface area contributed by atoms with Crippen molar-refractivity contribution in [2.24, 2.45) is 5.73 Å². The number of hydrogen-bond donors (Lipinski definition) is 1. The zero-order chi connectivity index (χ0) is 15.7. The molecule has 0 amide bonds. The maximum absolute atomic E-state index is 14.2. The van der Waals surface area contributed by atoms with Crippen LogP contribution in [0.3, 0.4) is 0 Å². The monoisotopic (exact) mass is 297 g/mol. The van der Waals surface area contributed by atoms with Gasteiger partial charge in [-0.25, -0.2) is 4.39 Å². The maximum Gasteiger partial charge on any atom is 0.317 e. The molecule has 0 aromatic heterocycles. The number of carbonyl (C=O) groups is 1. The zero-order valence-electron chi connectivity index (χ0n) is 12.7. The van der Waals surface area contributed by atoms with E-state index in [0.29, 0.717) is 31.6 Å². The molecular weight excluding hydrogens is 273 g/mol. The Morgan fingerprint density at radius 3 is 2.57 bits per heavy atom. The van der Waals surface area contributed by atoms with Crippen molar-refractivity contribution in [1.29, 1.82) is 0 Å². The molecule has 1 unspecified atom stereocenters. The van der Waals surface area contributed by atoms with E-state index in [-0.39, 0.29) is 13.2 Å². The van der Waals surface area contributed by atoms with Crippen molar-refractivity contribution < 1.29 is 18.7 Å². The fraction of sp³-hybridized carbons (Fsp3) is 0.562. The predicted octanol–water partition coefficient (Wildman–Crippen LogP) is 2.40. The molecule has 21 heavy (non-hydrogen) atoms. The molecule has 1 aromatic rings. The molecule has 0 aliphatic heterocycles. The molecule has 1 atom stereocenters. The van der Waals surface area contributed by atoms with Gasteiger partial charge in [0.15, 0.2) is 0 Å². The third-order valence-corrected chi connectivity index (χ3v) is 3.50. The lowest BCUT2D eigenvalue weighted by atomic mass is 9.76. The normalized spacial score (nSPS) is 13.7. The Bertz CT molecular complexity index is 453. The van der Waals surface area contributed by atoms with Crippen LogP contribution in [0.25, 0.3) is 0 Å². The largest absolute Gasteiger partial charge is 0.465 e. The van der Waals surface area contributed by atoms with E-state index >= 15 is 0 Å². The molecule has 1 aromatic carbocycles. The molecule has 1 rings (SSSR count). The van der Waals surface area contributed by atoms with E-state index in [9.17, 15) is 9.18 Å². The molecule has 5 heteroatoms. The average molecular weight is 297 g/mol. The van der Waals surface area contributed by atoms with Crippen molar-refractivity contribution in [2.75, 3.05) is 26.4 Å². The number of rotatable bonds is 9. The van der Waals surface area contributed by atoms with E-state index in [4.69, 9.17) is 15.2 Å². The Morgan fingerprint density at radius 2 is 2.00 bits per heavy atom. The minimum Gasteiger partial charge on any atom is -0.465 e. The number of nitrogens with two attached hydrogens (primary N) is 1. The Hall–Kier alpha value is -1.46. The summed E-state index contributed by atoms with van der Waals surface area (Å²) in [6.45, 7) is 4.97. The molecule has 0 heterocycles. The molecule has 0 bridgehead atoms. The van der Waals surface area contributed by atoms with Crippen LogP contribution in [0.4, 0.5) is 4.39 Å². The summed E-state index contributed by atoms with van der Waals surface area (Å²) in [4.78, 5) is 12.4. The van der Waals surface area contributed by atoms with Gasteiger partial charge in [-0.15, -0.1) is 0 Å². The van der Waals surface area contributed by atoms with Crippen LogP contribution in [-0.2, 0) is 19.7 Å². The van der Waals surface area contributed by atoms with Crippen LogP contribution in [0, 0.1) is 5.82 Å². The smallest absolute Gasteiger partial charge is 0.317 e. The standard InChI is InChI=1S/C16H24FNO3/c1-3-20-11-7-10-16(12-18,15(19)21-4-2)13-8-5-6-9-14(13)17/h5-6,8-9H,3-4,7,10-12,18H2,1-2H3. The van der Waals surface area contributed by atoms with Crippen molar-refractivity contribution in [1.82, 2.24) is 0 Å². The van der Waals surface area contributed by atoms with Gasteiger partial charge in [0.05, 0.1) is 6.61 Å². The SMILES string of the molecule is CCOCCCC(CN)(C(=O)OCC)c1ccccc1F. The van der Waals surface area contributed by atoms with Gasteiger partial charge in [-0.1, -0.05) is 18.2 Å². The van der Waals surface area contributed by atoms with Gasteiger partial charge in [-0.3, -0.25) is 4.79 Å². The minimum absolute atomic E-state index is 0.00110. The number of ether oxygens (including phenoxy) is 2. The van der Waals surface area contributed by atoms with Gasteiger partial charge in [0.2, 0.25) is 0 Å². The fourth-order valence-corrected chi connectivity index (χ4v) is 2.38. The van der Waals surface area contributed by atoms with Crippen LogP contribution in [-0.4, -0.2) is 32.3 Å². The van der Waals surface area contributed by atoms with Crippen LogP contribution >= 0.6 is 0 Å². The van der Waals surface area contributed by atoms with Gasteiger partial charge in [0.1, 0.15) is 11.2 Å². The second-order valence-corrected chi connectivity index (χ2v) is 4.79. The maximum atomic E-state index is 14.2. The molecule has 0 aliphatic rings. The highest BCUT2D eigenvalue weighted by Gasteiger charge is 2.41. The first-order valence-electron chi connectivity index (χ1n) is 7.32. The molecule has 0 radical (unpaired) electrons. The highest BCUT2D eigenvalue weighted by atomic mass is 19.1. The Morgan fingerprint density at radius 1 is 1.29 bits per heavy atom. The second kappa shape index (κ2) is 8.74. The fourth-order valence-electron chi connectivity index (χ4n) is 2.38. The van der Waals surface area contributed by atoms with Gasteiger partial charge in [-0.2, -0.15) is 0 Å². The lowest BCUT2D eigenvalue weighted by Gasteiger charge is -2.31. The first kappa shape index (κ1) is 17.6.